The first-order valence-electron chi connectivity index (χ1n) is 13.3. The smallest absolute Gasteiger partial charge is 0.242 e. The number of ether oxygens (including phenoxy) is 2. The van der Waals surface area contributed by atoms with Crippen molar-refractivity contribution in [3.05, 3.63) is 53.1 Å². The molecule has 0 bridgehead atoms. The van der Waals surface area contributed by atoms with E-state index in [0.717, 1.165) is 37.5 Å². The Labute approximate surface area is 235 Å². The second kappa shape index (κ2) is 12.9. The van der Waals surface area contributed by atoms with Gasteiger partial charge in [-0.25, -0.2) is 8.42 Å². The molecule has 11 heteroatoms. The van der Waals surface area contributed by atoms with Crippen molar-refractivity contribution < 1.29 is 27.5 Å². The molecule has 1 heterocycles. The molecule has 2 amide bonds. The Kier molecular flexibility index (Phi) is 9.61. The van der Waals surface area contributed by atoms with Crippen molar-refractivity contribution in [2.24, 2.45) is 0 Å². The number of nitrogens with zero attached hydrogens (tertiary/aromatic N) is 2. The van der Waals surface area contributed by atoms with Crippen LogP contribution in [-0.4, -0.2) is 63.2 Å². The molecule has 1 N–H and O–H groups in total. The van der Waals surface area contributed by atoms with Crippen LogP contribution in [0.2, 0.25) is 5.02 Å². The van der Waals surface area contributed by atoms with Gasteiger partial charge >= 0.3 is 0 Å². The van der Waals surface area contributed by atoms with Crippen molar-refractivity contribution in [3.63, 3.8) is 0 Å². The van der Waals surface area contributed by atoms with Crippen molar-refractivity contribution in [2.75, 3.05) is 30.3 Å². The van der Waals surface area contributed by atoms with Crippen molar-refractivity contribution in [1.29, 1.82) is 0 Å². The zero-order valence-electron chi connectivity index (χ0n) is 22.4. The second-order valence-electron chi connectivity index (χ2n) is 10.1. The summed E-state index contributed by atoms with van der Waals surface area (Å²) in [6.07, 6.45) is 5.56. The molecule has 2 aromatic carbocycles. The Morgan fingerprint density at radius 1 is 1.05 bits per heavy atom. The van der Waals surface area contributed by atoms with Crippen LogP contribution in [0.3, 0.4) is 0 Å². The number of hydrogen-bond donors (Lipinski definition) is 1. The highest BCUT2D eigenvalue weighted by molar-refractivity contribution is 7.92. The Hall–Kier alpha value is -2.98. The fourth-order valence-electron chi connectivity index (χ4n) is 4.95. The van der Waals surface area contributed by atoms with Crippen molar-refractivity contribution >= 4 is 39.1 Å². The quantitative estimate of drug-likeness (QED) is 0.430. The van der Waals surface area contributed by atoms with Gasteiger partial charge in [0.05, 0.1) is 11.9 Å². The van der Waals surface area contributed by atoms with Gasteiger partial charge in [-0.3, -0.25) is 13.9 Å². The molecular weight excluding hydrogens is 542 g/mol. The van der Waals surface area contributed by atoms with E-state index in [2.05, 4.69) is 5.32 Å². The minimum atomic E-state index is -3.62. The average Bonchev–Trinajstić information content (AvgIpc) is 3.42. The van der Waals surface area contributed by atoms with Gasteiger partial charge in [0.1, 0.15) is 19.3 Å². The molecule has 2 aromatic rings. The maximum atomic E-state index is 13.5. The van der Waals surface area contributed by atoms with Gasteiger partial charge in [0, 0.05) is 36.6 Å². The van der Waals surface area contributed by atoms with Crippen LogP contribution in [0.25, 0.3) is 0 Å². The number of carbonyl (C=O) groups is 2. The number of nitrogens with one attached hydrogen (secondary N) is 1. The minimum absolute atomic E-state index is 0.0746. The zero-order valence-corrected chi connectivity index (χ0v) is 24.0. The van der Waals surface area contributed by atoms with Gasteiger partial charge in [0.25, 0.3) is 0 Å². The molecule has 0 radical (unpaired) electrons. The number of halogens is 1. The number of amides is 2. The largest absolute Gasteiger partial charge is 0.486 e. The highest BCUT2D eigenvalue weighted by Crippen LogP contribution is 2.34. The third-order valence-electron chi connectivity index (χ3n) is 7.10. The summed E-state index contributed by atoms with van der Waals surface area (Å²) < 4.78 is 37.7. The fraction of sp³-hybridized carbons (Fsp3) is 0.500. The predicted molar refractivity (Wildman–Crippen MR) is 151 cm³/mol. The number of fused-ring (bicyclic) bond motifs is 1. The summed E-state index contributed by atoms with van der Waals surface area (Å²) in [6, 6.07) is 11.6. The van der Waals surface area contributed by atoms with E-state index in [-0.39, 0.29) is 43.8 Å². The lowest BCUT2D eigenvalue weighted by Crippen LogP contribution is -2.49. The first-order chi connectivity index (χ1) is 18.6. The number of hydrogen-bond acceptors (Lipinski definition) is 6. The number of anilines is 1. The van der Waals surface area contributed by atoms with E-state index in [1.165, 1.54) is 4.31 Å². The molecule has 0 unspecified atom stereocenters. The molecule has 1 saturated carbocycles. The molecule has 1 aliphatic carbocycles. The van der Waals surface area contributed by atoms with Crippen LogP contribution in [0.5, 0.6) is 11.5 Å². The van der Waals surface area contributed by atoms with Gasteiger partial charge in [-0.1, -0.05) is 36.6 Å². The normalized spacial score (nSPS) is 16.0. The third kappa shape index (κ3) is 7.79. The topological polar surface area (TPSA) is 105 Å². The predicted octanol–water partition coefficient (Wildman–Crippen LogP) is 4.13. The Balaban J connectivity index is 1.45. The zero-order chi connectivity index (χ0) is 28.0. The van der Waals surface area contributed by atoms with E-state index < -0.39 is 16.1 Å². The maximum Gasteiger partial charge on any atom is 0.242 e. The van der Waals surface area contributed by atoms with Crippen molar-refractivity contribution in [2.45, 2.75) is 64.1 Å². The first kappa shape index (κ1) is 29.0. The van der Waals surface area contributed by atoms with E-state index in [4.69, 9.17) is 21.1 Å². The van der Waals surface area contributed by atoms with Crippen molar-refractivity contribution in [1.82, 2.24) is 10.2 Å². The van der Waals surface area contributed by atoms with Crippen LogP contribution in [0.15, 0.2) is 42.5 Å². The standard InChI is InChI=1S/C28H36ClN3O6S/c1-20(28(34)30-23-6-3-4-7-23)31(19-21-9-11-22(29)12-10-21)27(33)8-5-15-32(39(2,35)36)24-13-14-25-26(18-24)38-17-16-37-25/h9-14,18,20,23H,3-8,15-17,19H2,1-2H3,(H,30,34)/t20-/m0/s1. The lowest BCUT2D eigenvalue weighted by atomic mass is 10.1. The van der Waals surface area contributed by atoms with Gasteiger partial charge in [-0.05, 0) is 56.0 Å². The molecule has 4 rings (SSSR count). The fourth-order valence-corrected chi connectivity index (χ4v) is 6.04. The second-order valence-corrected chi connectivity index (χ2v) is 12.4. The number of carbonyl (C=O) groups excluding carboxylic acids is 2. The van der Waals surface area contributed by atoms with E-state index in [9.17, 15) is 18.0 Å². The van der Waals surface area contributed by atoms with E-state index in [1.807, 2.05) is 12.1 Å². The van der Waals surface area contributed by atoms with Crippen molar-refractivity contribution in [3.8, 4) is 11.5 Å². The molecule has 2 aliphatic rings. The van der Waals surface area contributed by atoms with Gasteiger partial charge in [0.2, 0.25) is 21.8 Å². The Morgan fingerprint density at radius 3 is 2.38 bits per heavy atom. The molecule has 0 spiro atoms. The SMILES string of the molecule is C[C@@H](C(=O)NC1CCCC1)N(Cc1ccc(Cl)cc1)C(=O)CCCN(c1ccc2c(c1)OCCO2)S(C)(=O)=O. The van der Waals surface area contributed by atoms with Gasteiger partial charge in [0.15, 0.2) is 11.5 Å². The highest BCUT2D eigenvalue weighted by Gasteiger charge is 2.29. The number of sulfonamides is 1. The molecule has 0 saturated heterocycles. The van der Waals surface area contributed by atoms with Gasteiger partial charge in [-0.2, -0.15) is 0 Å². The van der Waals surface area contributed by atoms with Gasteiger partial charge in [-0.15, -0.1) is 0 Å². The summed E-state index contributed by atoms with van der Waals surface area (Å²) in [7, 11) is -3.62. The molecule has 1 aliphatic heterocycles. The molecule has 1 fully saturated rings. The highest BCUT2D eigenvalue weighted by atomic mass is 35.5. The van der Waals surface area contributed by atoms with Crippen LogP contribution in [0.4, 0.5) is 5.69 Å². The van der Waals surface area contributed by atoms with E-state index >= 15 is 0 Å². The summed E-state index contributed by atoms with van der Waals surface area (Å²) >= 11 is 6.03. The Bertz CT molecular complexity index is 1260. The summed E-state index contributed by atoms with van der Waals surface area (Å²) in [5.41, 5.74) is 1.29. The molecule has 212 valence electrons. The van der Waals surface area contributed by atoms with E-state index in [1.54, 1.807) is 42.2 Å². The molecule has 9 nitrogen and oxygen atoms in total. The average molecular weight is 578 g/mol. The van der Waals surface area contributed by atoms with E-state index in [0.29, 0.717) is 35.4 Å². The lowest BCUT2D eigenvalue weighted by molar-refractivity contribution is -0.141. The summed E-state index contributed by atoms with van der Waals surface area (Å²) in [6.45, 7) is 2.90. The maximum absolute atomic E-state index is 13.5. The van der Waals surface area contributed by atoms with Crippen LogP contribution in [-0.2, 0) is 26.2 Å². The van der Waals surface area contributed by atoms with Crippen LogP contribution >= 0.6 is 11.6 Å². The van der Waals surface area contributed by atoms with Crippen LogP contribution in [0, 0.1) is 0 Å². The lowest BCUT2D eigenvalue weighted by Gasteiger charge is -2.30. The molecule has 0 aromatic heterocycles. The first-order valence-corrected chi connectivity index (χ1v) is 15.6. The summed E-state index contributed by atoms with van der Waals surface area (Å²) in [5, 5.41) is 3.67. The molecule has 39 heavy (non-hydrogen) atoms. The monoisotopic (exact) mass is 577 g/mol. The molecular formula is C28H36ClN3O6S. The number of rotatable bonds is 11. The number of benzene rings is 2. The third-order valence-corrected chi connectivity index (χ3v) is 8.55. The summed E-state index contributed by atoms with van der Waals surface area (Å²) in [4.78, 5) is 28.1. The van der Waals surface area contributed by atoms with Gasteiger partial charge < -0.3 is 19.7 Å². The molecule has 1 atom stereocenters. The van der Waals surface area contributed by atoms with Crippen LogP contribution in [0.1, 0.15) is 51.0 Å². The Morgan fingerprint density at radius 2 is 1.72 bits per heavy atom. The van der Waals surface area contributed by atoms with Crippen LogP contribution < -0.4 is 19.1 Å². The summed E-state index contributed by atoms with van der Waals surface area (Å²) in [5.74, 6) is 0.643. The minimum Gasteiger partial charge on any atom is -0.486 e.